The highest BCUT2D eigenvalue weighted by Gasteiger charge is 2.30. The molecular weight excluding hydrogens is 389 g/mol. The van der Waals surface area contributed by atoms with Crippen molar-refractivity contribution in [2.24, 2.45) is 0 Å². The van der Waals surface area contributed by atoms with Gasteiger partial charge in [0.05, 0.1) is 11.5 Å². The van der Waals surface area contributed by atoms with Crippen molar-refractivity contribution in [1.29, 1.82) is 0 Å². The molecule has 2 aromatic carbocycles. The molecule has 0 N–H and O–H groups in total. The van der Waals surface area contributed by atoms with E-state index in [1.165, 1.54) is 16.4 Å². The Balaban J connectivity index is 1.86. The molecule has 4 nitrogen and oxygen atoms in total. The first-order chi connectivity index (χ1) is 12.9. The Labute approximate surface area is 165 Å². The van der Waals surface area contributed by atoms with Crippen molar-refractivity contribution in [3.63, 3.8) is 0 Å². The zero-order chi connectivity index (χ0) is 19.4. The van der Waals surface area contributed by atoms with E-state index < -0.39 is 15.8 Å². The van der Waals surface area contributed by atoms with Gasteiger partial charge >= 0.3 is 0 Å². The molecule has 0 radical (unpaired) electrons. The van der Waals surface area contributed by atoms with Crippen molar-refractivity contribution in [1.82, 2.24) is 4.31 Å². The summed E-state index contributed by atoms with van der Waals surface area (Å²) < 4.78 is 47.0. The van der Waals surface area contributed by atoms with E-state index in [0.717, 1.165) is 30.9 Å². The molecule has 1 aliphatic rings. The molecule has 0 spiro atoms. The van der Waals surface area contributed by atoms with Crippen LogP contribution < -0.4 is 4.74 Å². The Morgan fingerprint density at radius 2 is 1.93 bits per heavy atom. The molecule has 1 aliphatic heterocycles. The van der Waals surface area contributed by atoms with Crippen LogP contribution in [0, 0.1) is 5.82 Å². The van der Waals surface area contributed by atoms with E-state index >= 15 is 0 Å². The second-order valence-electron chi connectivity index (χ2n) is 6.63. The lowest BCUT2D eigenvalue weighted by Crippen LogP contribution is -2.34. The van der Waals surface area contributed by atoms with Gasteiger partial charge in [0.1, 0.15) is 0 Å². The number of benzene rings is 2. The highest BCUT2D eigenvalue weighted by Crippen LogP contribution is 2.31. The van der Waals surface area contributed by atoms with Crippen LogP contribution in [-0.4, -0.2) is 32.4 Å². The van der Waals surface area contributed by atoms with Crippen molar-refractivity contribution >= 4 is 21.6 Å². The van der Waals surface area contributed by atoms with Gasteiger partial charge in [-0.15, -0.1) is 0 Å². The molecule has 7 heteroatoms. The van der Waals surface area contributed by atoms with Crippen LogP contribution in [0.2, 0.25) is 5.02 Å². The predicted molar refractivity (Wildman–Crippen MR) is 104 cm³/mol. The summed E-state index contributed by atoms with van der Waals surface area (Å²) in [5.74, 6) is -0.513. The maximum atomic E-state index is 14.2. The highest BCUT2D eigenvalue weighted by molar-refractivity contribution is 7.89. The molecule has 1 saturated heterocycles. The number of ether oxygens (including phenoxy) is 1. The average molecular weight is 412 g/mol. The van der Waals surface area contributed by atoms with Gasteiger partial charge in [-0.3, -0.25) is 0 Å². The number of sulfonamides is 1. The largest absolute Gasteiger partial charge is 0.491 e. The minimum absolute atomic E-state index is 0.0415. The summed E-state index contributed by atoms with van der Waals surface area (Å²) in [6, 6.07) is 11.4. The van der Waals surface area contributed by atoms with Gasteiger partial charge in [-0.2, -0.15) is 4.31 Å². The number of hydrogen-bond acceptors (Lipinski definition) is 3. The molecule has 1 unspecified atom stereocenters. The molecule has 1 fully saturated rings. The SMILES string of the molecule is CCOc1ccc(S(=O)(=O)N2CCCCC(c3ccc(Cl)cc3)C2)cc1F. The molecule has 1 atom stereocenters. The van der Waals surface area contributed by atoms with Crippen LogP contribution in [0.3, 0.4) is 0 Å². The van der Waals surface area contributed by atoms with Gasteiger partial charge in [-0.1, -0.05) is 30.2 Å². The molecular formula is C20H23ClFNO3S. The topological polar surface area (TPSA) is 46.6 Å². The van der Waals surface area contributed by atoms with Crippen molar-refractivity contribution in [3.8, 4) is 5.75 Å². The monoisotopic (exact) mass is 411 g/mol. The highest BCUT2D eigenvalue weighted by atomic mass is 35.5. The Hall–Kier alpha value is -1.63. The summed E-state index contributed by atoms with van der Waals surface area (Å²) in [7, 11) is -3.78. The van der Waals surface area contributed by atoms with Gasteiger partial charge in [-0.05, 0) is 61.6 Å². The molecule has 0 amide bonds. The van der Waals surface area contributed by atoms with Crippen LogP contribution in [0.1, 0.15) is 37.7 Å². The fraction of sp³-hybridized carbons (Fsp3) is 0.400. The summed E-state index contributed by atoms with van der Waals surface area (Å²) in [5, 5.41) is 0.654. The lowest BCUT2D eigenvalue weighted by molar-refractivity contribution is 0.321. The van der Waals surface area contributed by atoms with Crippen LogP contribution in [-0.2, 0) is 10.0 Å². The van der Waals surface area contributed by atoms with Crippen molar-refractivity contribution in [3.05, 3.63) is 58.9 Å². The van der Waals surface area contributed by atoms with Crippen LogP contribution in [0.5, 0.6) is 5.75 Å². The van der Waals surface area contributed by atoms with Crippen molar-refractivity contribution in [2.75, 3.05) is 19.7 Å². The van der Waals surface area contributed by atoms with Gasteiger partial charge in [0.2, 0.25) is 10.0 Å². The molecule has 3 rings (SSSR count). The van der Waals surface area contributed by atoms with Crippen LogP contribution in [0.15, 0.2) is 47.4 Å². The van der Waals surface area contributed by atoms with E-state index in [2.05, 4.69) is 0 Å². The molecule has 0 aliphatic carbocycles. The lowest BCUT2D eigenvalue weighted by atomic mass is 9.95. The Kier molecular flexibility index (Phi) is 6.40. The van der Waals surface area contributed by atoms with E-state index in [0.29, 0.717) is 24.7 Å². The summed E-state index contributed by atoms with van der Waals surface area (Å²) in [6.45, 7) is 2.87. The van der Waals surface area contributed by atoms with Gasteiger partial charge < -0.3 is 4.74 Å². The number of halogens is 2. The summed E-state index contributed by atoms with van der Waals surface area (Å²) in [6.07, 6.45) is 2.63. The Morgan fingerprint density at radius 1 is 1.19 bits per heavy atom. The van der Waals surface area contributed by atoms with E-state index in [1.807, 2.05) is 24.3 Å². The van der Waals surface area contributed by atoms with E-state index in [9.17, 15) is 12.8 Å². The molecule has 1 heterocycles. The third-order valence-electron chi connectivity index (χ3n) is 4.82. The zero-order valence-corrected chi connectivity index (χ0v) is 16.8. The number of hydrogen-bond donors (Lipinski definition) is 0. The fourth-order valence-corrected chi connectivity index (χ4v) is 5.06. The second kappa shape index (κ2) is 8.59. The standard InChI is InChI=1S/C20H23ClFNO3S/c1-2-26-20-11-10-18(13-19(20)22)27(24,25)23-12-4-3-5-16(14-23)15-6-8-17(21)9-7-15/h6-11,13,16H,2-5,12,14H2,1H3. The summed E-state index contributed by atoms with van der Waals surface area (Å²) in [5.41, 5.74) is 1.07. The molecule has 146 valence electrons. The van der Waals surface area contributed by atoms with Crippen molar-refractivity contribution in [2.45, 2.75) is 37.0 Å². The van der Waals surface area contributed by atoms with Crippen LogP contribution >= 0.6 is 11.6 Å². The minimum atomic E-state index is -3.78. The molecule has 0 aromatic heterocycles. The van der Waals surface area contributed by atoms with E-state index in [4.69, 9.17) is 16.3 Å². The summed E-state index contributed by atoms with van der Waals surface area (Å²) in [4.78, 5) is -0.0415. The van der Waals surface area contributed by atoms with Gasteiger partial charge in [0.25, 0.3) is 0 Å². The molecule has 2 aromatic rings. The van der Waals surface area contributed by atoms with E-state index in [1.54, 1.807) is 6.92 Å². The normalized spacial score (nSPS) is 18.9. The third-order valence-corrected chi connectivity index (χ3v) is 6.93. The first kappa shape index (κ1) is 20.1. The zero-order valence-electron chi connectivity index (χ0n) is 15.2. The van der Waals surface area contributed by atoms with Crippen LogP contribution in [0.25, 0.3) is 0 Å². The first-order valence-corrected chi connectivity index (χ1v) is 10.9. The fourth-order valence-electron chi connectivity index (χ4n) is 3.40. The number of nitrogens with zero attached hydrogens (tertiary/aromatic N) is 1. The first-order valence-electron chi connectivity index (χ1n) is 9.09. The van der Waals surface area contributed by atoms with Crippen molar-refractivity contribution < 1.29 is 17.5 Å². The van der Waals surface area contributed by atoms with Crippen LogP contribution in [0.4, 0.5) is 4.39 Å². The Bertz CT molecular complexity index is 887. The van der Waals surface area contributed by atoms with Gasteiger partial charge in [0, 0.05) is 18.1 Å². The average Bonchev–Trinajstić information content (AvgIpc) is 2.91. The van der Waals surface area contributed by atoms with Gasteiger partial charge in [0.15, 0.2) is 11.6 Å². The smallest absolute Gasteiger partial charge is 0.243 e. The maximum absolute atomic E-state index is 14.2. The quantitative estimate of drug-likeness (QED) is 0.707. The molecule has 0 bridgehead atoms. The maximum Gasteiger partial charge on any atom is 0.243 e. The van der Waals surface area contributed by atoms with E-state index in [-0.39, 0.29) is 16.6 Å². The third kappa shape index (κ3) is 4.62. The second-order valence-corrected chi connectivity index (χ2v) is 9.01. The van der Waals surface area contributed by atoms with Gasteiger partial charge in [-0.25, -0.2) is 12.8 Å². The minimum Gasteiger partial charge on any atom is -0.491 e. The lowest BCUT2D eigenvalue weighted by Gasteiger charge is -2.24. The Morgan fingerprint density at radius 3 is 2.59 bits per heavy atom. The summed E-state index contributed by atoms with van der Waals surface area (Å²) >= 11 is 5.96. The molecule has 27 heavy (non-hydrogen) atoms. The molecule has 0 saturated carbocycles. The number of rotatable bonds is 5. The predicted octanol–water partition coefficient (Wildman–Crippen LogP) is 4.84.